The Morgan fingerprint density at radius 3 is 2.00 bits per heavy atom. The zero-order valence-corrected chi connectivity index (χ0v) is 10.9. The first kappa shape index (κ1) is 15.1. The SMILES string of the molecule is C=C(C)C(=O)c1cccc(B(O)O)c1C(=O)C(=C)C. The molecule has 0 radical (unpaired) electrons. The van der Waals surface area contributed by atoms with Crippen LogP contribution in [-0.4, -0.2) is 28.7 Å². The van der Waals surface area contributed by atoms with Crippen LogP contribution >= 0.6 is 0 Å². The summed E-state index contributed by atoms with van der Waals surface area (Å²) in [4.78, 5) is 24.1. The summed E-state index contributed by atoms with van der Waals surface area (Å²) in [6, 6.07) is 4.33. The van der Waals surface area contributed by atoms with Gasteiger partial charge < -0.3 is 10.0 Å². The van der Waals surface area contributed by atoms with Gasteiger partial charge in [-0.25, -0.2) is 0 Å². The van der Waals surface area contributed by atoms with Crippen LogP contribution in [0.3, 0.4) is 0 Å². The van der Waals surface area contributed by atoms with Crippen LogP contribution in [0.5, 0.6) is 0 Å². The van der Waals surface area contributed by atoms with Gasteiger partial charge in [0.25, 0.3) is 0 Å². The molecule has 0 heterocycles. The van der Waals surface area contributed by atoms with Crippen LogP contribution in [0, 0.1) is 0 Å². The molecule has 5 heteroatoms. The molecule has 0 saturated carbocycles. The van der Waals surface area contributed by atoms with Gasteiger partial charge in [-0.1, -0.05) is 31.4 Å². The Labute approximate surface area is 112 Å². The number of benzene rings is 1. The fourth-order valence-electron chi connectivity index (χ4n) is 1.67. The molecule has 1 rings (SSSR count). The fraction of sp³-hybridized carbons (Fsp3) is 0.143. The van der Waals surface area contributed by atoms with E-state index in [1.165, 1.54) is 32.0 Å². The Morgan fingerprint density at radius 1 is 1.05 bits per heavy atom. The minimum absolute atomic E-state index is 0.0138. The lowest BCUT2D eigenvalue weighted by Gasteiger charge is -2.13. The molecular formula is C14H15BO4. The van der Waals surface area contributed by atoms with E-state index in [4.69, 9.17) is 0 Å². The zero-order valence-electron chi connectivity index (χ0n) is 10.9. The van der Waals surface area contributed by atoms with Crippen molar-refractivity contribution in [2.75, 3.05) is 0 Å². The number of Topliss-reactive ketones (excluding diaryl/α,β-unsaturated/α-hetero) is 2. The largest absolute Gasteiger partial charge is 0.489 e. The van der Waals surface area contributed by atoms with Crippen molar-refractivity contribution in [2.24, 2.45) is 0 Å². The lowest BCUT2D eigenvalue weighted by Crippen LogP contribution is -2.36. The van der Waals surface area contributed by atoms with Crippen LogP contribution in [0.2, 0.25) is 0 Å². The van der Waals surface area contributed by atoms with E-state index in [1.54, 1.807) is 0 Å². The van der Waals surface area contributed by atoms with Gasteiger partial charge in [-0.2, -0.15) is 0 Å². The summed E-state index contributed by atoms with van der Waals surface area (Å²) < 4.78 is 0. The third kappa shape index (κ3) is 3.07. The molecule has 0 amide bonds. The van der Waals surface area contributed by atoms with Gasteiger partial charge in [0.2, 0.25) is 0 Å². The van der Waals surface area contributed by atoms with E-state index in [0.717, 1.165) is 0 Å². The Kier molecular flexibility index (Phi) is 4.59. The first-order valence-corrected chi connectivity index (χ1v) is 5.66. The minimum atomic E-state index is -1.84. The molecule has 0 aliphatic rings. The Balaban J connectivity index is 3.60. The standard InChI is InChI=1S/C14H15BO4/c1-8(2)13(16)10-6-5-7-11(15(18)19)12(10)14(17)9(3)4/h5-7,18-19H,1,3H2,2,4H3. The van der Waals surface area contributed by atoms with Crippen molar-refractivity contribution in [3.8, 4) is 0 Å². The van der Waals surface area contributed by atoms with Crippen molar-refractivity contribution < 1.29 is 19.6 Å². The van der Waals surface area contributed by atoms with Gasteiger partial charge in [0.15, 0.2) is 11.6 Å². The molecule has 4 nitrogen and oxygen atoms in total. The minimum Gasteiger partial charge on any atom is -0.423 e. The van der Waals surface area contributed by atoms with Crippen LogP contribution < -0.4 is 5.46 Å². The first-order chi connectivity index (χ1) is 8.77. The van der Waals surface area contributed by atoms with Crippen LogP contribution in [0.15, 0.2) is 42.5 Å². The Bertz CT molecular complexity index is 573. The van der Waals surface area contributed by atoms with Crippen LogP contribution in [-0.2, 0) is 0 Å². The smallest absolute Gasteiger partial charge is 0.423 e. The lowest BCUT2D eigenvalue weighted by atomic mass is 9.73. The van der Waals surface area contributed by atoms with Crippen molar-refractivity contribution in [3.63, 3.8) is 0 Å². The molecule has 0 aromatic heterocycles. The number of hydrogen-bond donors (Lipinski definition) is 2. The highest BCUT2D eigenvalue weighted by molar-refractivity contribution is 6.61. The maximum Gasteiger partial charge on any atom is 0.489 e. The summed E-state index contributed by atoms with van der Waals surface area (Å²) in [6.45, 7) is 10.1. The molecule has 19 heavy (non-hydrogen) atoms. The number of carbonyl (C=O) groups is 2. The molecule has 0 spiro atoms. The molecule has 0 bridgehead atoms. The van der Waals surface area contributed by atoms with Crippen molar-refractivity contribution in [1.82, 2.24) is 0 Å². The summed E-state index contributed by atoms with van der Waals surface area (Å²) in [5, 5.41) is 18.6. The molecule has 0 atom stereocenters. The summed E-state index contributed by atoms with van der Waals surface area (Å²) in [6.07, 6.45) is 0. The number of carbonyl (C=O) groups excluding carboxylic acids is 2. The van der Waals surface area contributed by atoms with Crippen LogP contribution in [0.1, 0.15) is 34.6 Å². The van der Waals surface area contributed by atoms with E-state index in [2.05, 4.69) is 13.2 Å². The fourth-order valence-corrected chi connectivity index (χ4v) is 1.67. The lowest BCUT2D eigenvalue weighted by molar-refractivity contribution is 0.1000. The summed E-state index contributed by atoms with van der Waals surface area (Å²) in [7, 11) is -1.84. The van der Waals surface area contributed by atoms with Crippen molar-refractivity contribution in [1.29, 1.82) is 0 Å². The number of ketones is 2. The maximum atomic E-state index is 12.1. The second-order valence-electron chi connectivity index (χ2n) is 4.36. The molecule has 0 fully saturated rings. The van der Waals surface area contributed by atoms with Gasteiger partial charge in [0.1, 0.15) is 0 Å². The van der Waals surface area contributed by atoms with Crippen molar-refractivity contribution >= 4 is 24.1 Å². The van der Waals surface area contributed by atoms with E-state index >= 15 is 0 Å². The quantitative estimate of drug-likeness (QED) is 0.467. The molecule has 98 valence electrons. The number of hydrogen-bond acceptors (Lipinski definition) is 4. The first-order valence-electron chi connectivity index (χ1n) is 5.66. The third-order valence-electron chi connectivity index (χ3n) is 2.62. The van der Waals surface area contributed by atoms with Crippen molar-refractivity contribution in [3.05, 3.63) is 53.6 Å². The summed E-state index contributed by atoms with van der Waals surface area (Å²) in [5.41, 5.74) is 0.536. The van der Waals surface area contributed by atoms with Gasteiger partial charge >= 0.3 is 7.12 Å². The number of allylic oxidation sites excluding steroid dienone is 2. The Hall–Kier alpha value is -1.98. The predicted octanol–water partition coefficient (Wildman–Crippen LogP) is 0.884. The van der Waals surface area contributed by atoms with Gasteiger partial charge in [-0.05, 0) is 30.5 Å². The number of rotatable bonds is 5. The van der Waals surface area contributed by atoms with E-state index in [-0.39, 0.29) is 27.7 Å². The second kappa shape index (κ2) is 5.78. The molecule has 0 aliphatic heterocycles. The highest BCUT2D eigenvalue weighted by Crippen LogP contribution is 2.15. The topological polar surface area (TPSA) is 74.6 Å². The van der Waals surface area contributed by atoms with E-state index in [1.807, 2.05) is 0 Å². The summed E-state index contributed by atoms with van der Waals surface area (Å²) >= 11 is 0. The highest BCUT2D eigenvalue weighted by Gasteiger charge is 2.26. The normalized spacial score (nSPS) is 9.89. The van der Waals surface area contributed by atoms with Gasteiger partial charge in [-0.3, -0.25) is 9.59 Å². The zero-order chi connectivity index (χ0) is 14.7. The molecular weight excluding hydrogens is 243 g/mol. The predicted molar refractivity (Wildman–Crippen MR) is 74.6 cm³/mol. The van der Waals surface area contributed by atoms with Crippen LogP contribution in [0.25, 0.3) is 0 Å². The Morgan fingerprint density at radius 2 is 1.58 bits per heavy atom. The van der Waals surface area contributed by atoms with Crippen LogP contribution in [0.4, 0.5) is 0 Å². The molecule has 2 N–H and O–H groups in total. The average molecular weight is 258 g/mol. The van der Waals surface area contributed by atoms with E-state index in [0.29, 0.717) is 0 Å². The third-order valence-corrected chi connectivity index (χ3v) is 2.62. The monoisotopic (exact) mass is 258 g/mol. The van der Waals surface area contributed by atoms with Gasteiger partial charge in [0.05, 0.1) is 0 Å². The van der Waals surface area contributed by atoms with E-state index < -0.39 is 18.7 Å². The molecule has 0 unspecified atom stereocenters. The molecule has 0 saturated heterocycles. The molecule has 0 aliphatic carbocycles. The van der Waals surface area contributed by atoms with Gasteiger partial charge in [-0.15, -0.1) is 0 Å². The molecule has 1 aromatic carbocycles. The van der Waals surface area contributed by atoms with Gasteiger partial charge in [0, 0.05) is 11.1 Å². The molecule has 1 aromatic rings. The van der Waals surface area contributed by atoms with Crippen molar-refractivity contribution in [2.45, 2.75) is 13.8 Å². The maximum absolute atomic E-state index is 12.1. The average Bonchev–Trinajstić information content (AvgIpc) is 2.35. The second-order valence-corrected chi connectivity index (χ2v) is 4.36. The summed E-state index contributed by atoms with van der Waals surface area (Å²) in [5.74, 6) is -0.902. The highest BCUT2D eigenvalue weighted by atomic mass is 16.4. The van der Waals surface area contributed by atoms with E-state index in [9.17, 15) is 19.6 Å².